The van der Waals surface area contributed by atoms with Crippen molar-refractivity contribution in [2.75, 3.05) is 7.11 Å². The van der Waals surface area contributed by atoms with Crippen LogP contribution in [0.25, 0.3) is 6.08 Å². The lowest BCUT2D eigenvalue weighted by Crippen LogP contribution is -2.14. The molecule has 0 aromatic heterocycles. The van der Waals surface area contributed by atoms with Crippen molar-refractivity contribution in [3.8, 4) is 5.75 Å². The summed E-state index contributed by atoms with van der Waals surface area (Å²) in [6.45, 7) is 6.47. The van der Waals surface area contributed by atoms with Gasteiger partial charge < -0.3 is 9.84 Å². The molecule has 2 heteroatoms. The second-order valence-electron chi connectivity index (χ2n) is 5.84. The van der Waals surface area contributed by atoms with Crippen LogP contribution < -0.4 is 4.74 Å². The van der Waals surface area contributed by atoms with Crippen LogP contribution in [-0.2, 0) is 0 Å². The molecule has 108 valence electrons. The van der Waals surface area contributed by atoms with Crippen molar-refractivity contribution in [2.24, 2.45) is 11.8 Å². The van der Waals surface area contributed by atoms with Crippen molar-refractivity contribution in [1.82, 2.24) is 0 Å². The quantitative estimate of drug-likeness (QED) is 0.841. The third kappa shape index (κ3) is 3.06. The summed E-state index contributed by atoms with van der Waals surface area (Å²) >= 11 is 0. The number of aliphatic hydroxyl groups excluding tert-OH is 1. The summed E-state index contributed by atoms with van der Waals surface area (Å²) in [4.78, 5) is 0. The van der Waals surface area contributed by atoms with Crippen LogP contribution in [0.5, 0.6) is 5.75 Å². The Morgan fingerprint density at radius 1 is 1.25 bits per heavy atom. The Kier molecular flexibility index (Phi) is 4.53. The molecule has 0 radical (unpaired) electrons. The average Bonchev–Trinajstić information content (AvgIpc) is 2.43. The normalized spacial score (nSPS) is 21.6. The van der Waals surface area contributed by atoms with Gasteiger partial charge in [0.05, 0.1) is 7.11 Å². The molecule has 0 bridgehead atoms. The first-order chi connectivity index (χ1) is 9.52. The minimum atomic E-state index is 0.402. The Bertz CT molecular complexity index is 521. The van der Waals surface area contributed by atoms with Crippen LogP contribution in [0.15, 0.2) is 41.2 Å². The highest BCUT2D eigenvalue weighted by molar-refractivity contribution is 5.60. The summed E-state index contributed by atoms with van der Waals surface area (Å²) in [7, 11) is 1.67. The van der Waals surface area contributed by atoms with E-state index >= 15 is 0 Å². The number of aliphatic hydroxyl groups is 1. The summed E-state index contributed by atoms with van der Waals surface area (Å²) in [6.07, 6.45) is 4.21. The molecule has 1 aliphatic rings. The fourth-order valence-corrected chi connectivity index (χ4v) is 2.72. The fraction of sp³-hybridized carbons (Fsp3) is 0.444. The molecule has 2 nitrogen and oxygen atoms in total. The van der Waals surface area contributed by atoms with Gasteiger partial charge in [0.15, 0.2) is 0 Å². The molecule has 0 heterocycles. The smallest absolute Gasteiger partial charge is 0.118 e. The summed E-state index contributed by atoms with van der Waals surface area (Å²) in [6, 6.07) is 7.94. The lowest BCUT2D eigenvalue weighted by atomic mass is 9.80. The van der Waals surface area contributed by atoms with Gasteiger partial charge in [0.2, 0.25) is 0 Å². The molecule has 0 amide bonds. The van der Waals surface area contributed by atoms with Crippen molar-refractivity contribution < 1.29 is 9.84 Å². The van der Waals surface area contributed by atoms with E-state index in [1.165, 1.54) is 5.57 Å². The van der Waals surface area contributed by atoms with E-state index in [9.17, 15) is 5.11 Å². The monoisotopic (exact) mass is 272 g/mol. The Morgan fingerprint density at radius 2 is 1.90 bits per heavy atom. The third-order valence-corrected chi connectivity index (χ3v) is 4.09. The highest BCUT2D eigenvalue weighted by Crippen LogP contribution is 2.37. The number of ether oxygens (including phenoxy) is 1. The molecule has 20 heavy (non-hydrogen) atoms. The zero-order valence-electron chi connectivity index (χ0n) is 12.8. The zero-order chi connectivity index (χ0) is 14.7. The lowest BCUT2D eigenvalue weighted by molar-refractivity contribution is 0.367. The van der Waals surface area contributed by atoms with Gasteiger partial charge in [0.1, 0.15) is 11.5 Å². The molecule has 0 spiro atoms. The average molecular weight is 272 g/mol. The molecule has 1 aliphatic carbocycles. The Morgan fingerprint density at radius 3 is 2.45 bits per heavy atom. The molecular weight excluding hydrogens is 248 g/mol. The molecular formula is C18H24O2. The van der Waals surface area contributed by atoms with Gasteiger partial charge in [-0.15, -0.1) is 0 Å². The molecule has 0 fully saturated rings. The van der Waals surface area contributed by atoms with Crippen molar-refractivity contribution in [1.29, 1.82) is 0 Å². The first-order valence-electron chi connectivity index (χ1n) is 7.31. The number of rotatable bonds is 3. The maximum Gasteiger partial charge on any atom is 0.118 e. The predicted octanol–water partition coefficient (Wildman–Crippen LogP) is 4.98. The minimum absolute atomic E-state index is 0.402. The Hall–Kier alpha value is -1.70. The molecule has 2 rings (SSSR count). The fourth-order valence-electron chi connectivity index (χ4n) is 2.72. The first-order valence-corrected chi connectivity index (χ1v) is 7.31. The van der Waals surface area contributed by atoms with Crippen LogP contribution in [0, 0.1) is 11.8 Å². The summed E-state index contributed by atoms with van der Waals surface area (Å²) in [5.41, 5.74) is 3.34. The van der Waals surface area contributed by atoms with Crippen LogP contribution in [0.4, 0.5) is 0 Å². The highest BCUT2D eigenvalue weighted by Gasteiger charge is 2.24. The molecule has 1 atom stereocenters. The second-order valence-corrected chi connectivity index (χ2v) is 5.84. The van der Waals surface area contributed by atoms with Crippen LogP contribution in [-0.4, -0.2) is 12.2 Å². The standard InChI is InChI=1S/C18H24O2/c1-12(2)16-10-5-13(3)17(18(16)19)11-14-6-8-15(20-4)9-7-14/h6-9,11-13,19H,5,10H2,1-4H3/b17-11+/t13-/m1/s1. The molecule has 1 aromatic rings. The van der Waals surface area contributed by atoms with Gasteiger partial charge in [-0.25, -0.2) is 0 Å². The second kappa shape index (κ2) is 6.17. The van der Waals surface area contributed by atoms with Gasteiger partial charge in [-0.1, -0.05) is 32.9 Å². The van der Waals surface area contributed by atoms with E-state index in [1.807, 2.05) is 24.3 Å². The largest absolute Gasteiger partial charge is 0.508 e. The van der Waals surface area contributed by atoms with E-state index in [4.69, 9.17) is 4.74 Å². The van der Waals surface area contributed by atoms with Gasteiger partial charge in [0.25, 0.3) is 0 Å². The maximum atomic E-state index is 10.5. The van der Waals surface area contributed by atoms with E-state index in [2.05, 4.69) is 26.8 Å². The Balaban J connectivity index is 2.36. The molecule has 1 aromatic carbocycles. The summed E-state index contributed by atoms with van der Waals surface area (Å²) in [5.74, 6) is 2.17. The topological polar surface area (TPSA) is 29.5 Å². The first kappa shape index (κ1) is 14.7. The van der Waals surface area contributed by atoms with Gasteiger partial charge in [-0.05, 0) is 59.6 Å². The maximum absolute atomic E-state index is 10.5. The summed E-state index contributed by atoms with van der Waals surface area (Å²) in [5, 5.41) is 10.5. The van der Waals surface area contributed by atoms with E-state index < -0.39 is 0 Å². The number of benzene rings is 1. The number of methoxy groups -OCH3 is 1. The number of hydrogen-bond donors (Lipinski definition) is 1. The van der Waals surface area contributed by atoms with Crippen molar-refractivity contribution in [3.05, 3.63) is 46.7 Å². The van der Waals surface area contributed by atoms with Crippen molar-refractivity contribution >= 4 is 6.08 Å². The molecule has 0 saturated heterocycles. The van der Waals surface area contributed by atoms with E-state index in [1.54, 1.807) is 7.11 Å². The van der Waals surface area contributed by atoms with Crippen LogP contribution in [0.2, 0.25) is 0 Å². The van der Waals surface area contributed by atoms with Crippen molar-refractivity contribution in [2.45, 2.75) is 33.6 Å². The van der Waals surface area contributed by atoms with Crippen LogP contribution in [0.3, 0.4) is 0 Å². The van der Waals surface area contributed by atoms with Gasteiger partial charge in [-0.2, -0.15) is 0 Å². The minimum Gasteiger partial charge on any atom is -0.508 e. The van der Waals surface area contributed by atoms with Gasteiger partial charge in [0, 0.05) is 0 Å². The SMILES string of the molecule is COc1ccc(/C=C2/C(O)=C(C(C)C)CC[C@H]2C)cc1. The summed E-state index contributed by atoms with van der Waals surface area (Å²) < 4.78 is 5.17. The molecule has 0 aliphatic heterocycles. The lowest BCUT2D eigenvalue weighted by Gasteiger charge is -2.26. The van der Waals surface area contributed by atoms with Crippen molar-refractivity contribution in [3.63, 3.8) is 0 Å². The predicted molar refractivity (Wildman–Crippen MR) is 83.9 cm³/mol. The van der Waals surface area contributed by atoms with Crippen LogP contribution in [0.1, 0.15) is 39.2 Å². The van der Waals surface area contributed by atoms with Gasteiger partial charge >= 0.3 is 0 Å². The zero-order valence-corrected chi connectivity index (χ0v) is 12.8. The van der Waals surface area contributed by atoms with E-state index in [-0.39, 0.29) is 0 Å². The van der Waals surface area contributed by atoms with E-state index in [0.717, 1.165) is 29.7 Å². The third-order valence-electron chi connectivity index (χ3n) is 4.09. The van der Waals surface area contributed by atoms with Crippen LogP contribution >= 0.6 is 0 Å². The number of allylic oxidation sites excluding steroid dienone is 2. The number of hydrogen-bond acceptors (Lipinski definition) is 2. The van der Waals surface area contributed by atoms with E-state index in [0.29, 0.717) is 17.6 Å². The van der Waals surface area contributed by atoms with Gasteiger partial charge in [-0.3, -0.25) is 0 Å². The Labute approximate surface area is 121 Å². The molecule has 1 N–H and O–H groups in total. The molecule has 0 unspecified atom stereocenters. The molecule has 0 saturated carbocycles. The highest BCUT2D eigenvalue weighted by atomic mass is 16.5.